The van der Waals surface area contributed by atoms with Gasteiger partial charge in [-0.15, -0.1) is 0 Å². The van der Waals surface area contributed by atoms with Crippen LogP contribution in [0.4, 0.5) is 24.8 Å². The zero-order valence-corrected chi connectivity index (χ0v) is 22.5. The number of nitrogens with one attached hydrogen (secondary N) is 3. The standard InChI is InChI=1S/C28H27F3N6O3S/c29-28(30,31)23-16-21(10-11-25(23)37-41(38,39)18-19-6-2-1-3-7-19)40-26-22(9-5-14-33-26)24-12-15-34-27(36-24)35-20-8-4-13-32-17-20/h1-3,5-7,9-12,14-16,20,32,37H,4,8,13,17-18H2,(H,34,35,36). The summed E-state index contributed by atoms with van der Waals surface area (Å²) in [5.74, 6) is -0.211. The Balaban J connectivity index is 1.39. The number of anilines is 2. The molecule has 0 radical (unpaired) electrons. The Bertz CT molecular complexity index is 1600. The zero-order chi connectivity index (χ0) is 28.9. The Kier molecular flexibility index (Phi) is 8.36. The fourth-order valence-corrected chi connectivity index (χ4v) is 5.64. The van der Waals surface area contributed by atoms with Crippen LogP contribution in [-0.4, -0.2) is 42.5 Å². The quantitative estimate of drug-likeness (QED) is 0.238. The topological polar surface area (TPSA) is 118 Å². The Morgan fingerprint density at radius 2 is 1.83 bits per heavy atom. The minimum Gasteiger partial charge on any atom is -0.438 e. The van der Waals surface area contributed by atoms with Crippen molar-refractivity contribution < 1.29 is 26.3 Å². The highest BCUT2D eigenvalue weighted by Gasteiger charge is 2.35. The van der Waals surface area contributed by atoms with Crippen LogP contribution >= 0.6 is 0 Å². The van der Waals surface area contributed by atoms with Gasteiger partial charge in [-0.1, -0.05) is 30.3 Å². The second-order valence-electron chi connectivity index (χ2n) is 9.46. The fourth-order valence-electron chi connectivity index (χ4n) is 4.42. The van der Waals surface area contributed by atoms with E-state index < -0.39 is 33.2 Å². The van der Waals surface area contributed by atoms with Crippen LogP contribution in [0.25, 0.3) is 11.3 Å². The van der Waals surface area contributed by atoms with Crippen molar-refractivity contribution in [2.75, 3.05) is 23.1 Å². The number of halogens is 3. The predicted molar refractivity (Wildman–Crippen MR) is 149 cm³/mol. The molecule has 1 fully saturated rings. The number of rotatable bonds is 9. The van der Waals surface area contributed by atoms with E-state index in [4.69, 9.17) is 4.74 Å². The van der Waals surface area contributed by atoms with Gasteiger partial charge in [-0.05, 0) is 61.3 Å². The van der Waals surface area contributed by atoms with Crippen molar-refractivity contribution in [2.24, 2.45) is 0 Å². The number of aromatic nitrogens is 3. The van der Waals surface area contributed by atoms with Crippen LogP contribution in [-0.2, 0) is 22.0 Å². The lowest BCUT2D eigenvalue weighted by atomic mass is 10.1. The Labute approximate surface area is 235 Å². The number of ether oxygens (including phenoxy) is 1. The molecule has 41 heavy (non-hydrogen) atoms. The van der Waals surface area contributed by atoms with E-state index in [9.17, 15) is 21.6 Å². The molecule has 1 atom stereocenters. The molecular formula is C28H27F3N6O3S. The van der Waals surface area contributed by atoms with Crippen LogP contribution in [0, 0.1) is 0 Å². The molecule has 3 N–H and O–H groups in total. The SMILES string of the molecule is O=S(=O)(Cc1ccccc1)Nc1ccc(Oc2ncccc2-c2ccnc(NC3CCCNC3)n2)cc1C(F)(F)F. The molecule has 9 nitrogen and oxygen atoms in total. The van der Waals surface area contributed by atoms with Gasteiger partial charge in [0.1, 0.15) is 5.75 Å². The maximum absolute atomic E-state index is 14.0. The van der Waals surface area contributed by atoms with E-state index in [1.165, 1.54) is 12.3 Å². The molecule has 3 heterocycles. The highest BCUT2D eigenvalue weighted by atomic mass is 32.2. The molecule has 214 valence electrons. The van der Waals surface area contributed by atoms with Crippen LogP contribution in [0.2, 0.25) is 0 Å². The molecular weight excluding hydrogens is 557 g/mol. The number of benzene rings is 2. The van der Waals surface area contributed by atoms with Crippen LogP contribution in [0.5, 0.6) is 11.6 Å². The molecule has 2 aromatic heterocycles. The lowest BCUT2D eigenvalue weighted by Crippen LogP contribution is -2.38. The van der Waals surface area contributed by atoms with Crippen LogP contribution in [0.15, 0.2) is 79.1 Å². The van der Waals surface area contributed by atoms with Crippen molar-refractivity contribution in [3.05, 3.63) is 90.3 Å². The number of alkyl halides is 3. The lowest BCUT2D eigenvalue weighted by Gasteiger charge is -2.23. The molecule has 0 spiro atoms. The molecule has 0 amide bonds. The molecule has 1 aliphatic rings. The van der Waals surface area contributed by atoms with E-state index in [-0.39, 0.29) is 17.7 Å². The molecule has 0 aliphatic carbocycles. The first-order valence-electron chi connectivity index (χ1n) is 12.9. The highest BCUT2D eigenvalue weighted by Crippen LogP contribution is 2.39. The summed E-state index contributed by atoms with van der Waals surface area (Å²) in [5.41, 5.74) is -0.448. The minimum atomic E-state index is -4.86. The number of pyridine rings is 1. The van der Waals surface area contributed by atoms with Gasteiger partial charge in [-0.3, -0.25) is 4.72 Å². The summed E-state index contributed by atoms with van der Waals surface area (Å²) in [7, 11) is -4.13. The van der Waals surface area contributed by atoms with Gasteiger partial charge < -0.3 is 15.4 Å². The Morgan fingerprint density at radius 1 is 1.00 bits per heavy atom. The summed E-state index contributed by atoms with van der Waals surface area (Å²) >= 11 is 0. The van der Waals surface area contributed by atoms with E-state index in [1.807, 2.05) is 0 Å². The molecule has 1 unspecified atom stereocenters. The van der Waals surface area contributed by atoms with Crippen LogP contribution < -0.4 is 20.1 Å². The van der Waals surface area contributed by atoms with Crippen molar-refractivity contribution in [2.45, 2.75) is 30.8 Å². The second-order valence-corrected chi connectivity index (χ2v) is 11.2. The van der Waals surface area contributed by atoms with Gasteiger partial charge in [0.2, 0.25) is 21.9 Å². The lowest BCUT2D eigenvalue weighted by molar-refractivity contribution is -0.137. The van der Waals surface area contributed by atoms with Gasteiger partial charge in [0.05, 0.1) is 28.3 Å². The summed E-state index contributed by atoms with van der Waals surface area (Å²) in [5, 5.41) is 6.61. The summed E-state index contributed by atoms with van der Waals surface area (Å²) < 4.78 is 75.2. The van der Waals surface area contributed by atoms with Gasteiger partial charge in [-0.25, -0.2) is 23.4 Å². The van der Waals surface area contributed by atoms with Gasteiger partial charge in [0.25, 0.3) is 0 Å². The van der Waals surface area contributed by atoms with E-state index in [2.05, 4.69) is 30.3 Å². The van der Waals surface area contributed by atoms with Crippen LogP contribution in [0.3, 0.4) is 0 Å². The molecule has 13 heteroatoms. The molecule has 5 rings (SSSR count). The predicted octanol–water partition coefficient (Wildman–Crippen LogP) is 5.46. The number of piperidine rings is 1. The van der Waals surface area contributed by atoms with E-state index in [0.29, 0.717) is 22.8 Å². The number of hydrogen-bond acceptors (Lipinski definition) is 8. The summed E-state index contributed by atoms with van der Waals surface area (Å²) in [6.07, 6.45) is 0.171. The third-order valence-corrected chi connectivity index (χ3v) is 7.55. The number of sulfonamides is 1. The summed E-state index contributed by atoms with van der Waals surface area (Å²) in [4.78, 5) is 13.1. The third kappa shape index (κ3) is 7.50. The second kappa shape index (κ2) is 12.1. The summed E-state index contributed by atoms with van der Waals surface area (Å²) in [6.45, 7) is 1.75. The molecule has 0 bridgehead atoms. The molecule has 4 aromatic rings. The van der Waals surface area contributed by atoms with Gasteiger partial charge in [0.15, 0.2) is 0 Å². The highest BCUT2D eigenvalue weighted by molar-refractivity contribution is 7.91. The first kappa shape index (κ1) is 28.3. The van der Waals surface area contributed by atoms with Crippen molar-refractivity contribution in [3.8, 4) is 22.9 Å². The zero-order valence-electron chi connectivity index (χ0n) is 21.7. The molecule has 0 saturated carbocycles. The average Bonchev–Trinajstić information content (AvgIpc) is 2.94. The first-order chi connectivity index (χ1) is 19.7. The number of nitrogens with zero attached hydrogens (tertiary/aromatic N) is 3. The molecule has 2 aromatic carbocycles. The molecule has 1 saturated heterocycles. The fraction of sp³-hybridized carbons (Fsp3) is 0.250. The maximum atomic E-state index is 14.0. The monoisotopic (exact) mass is 584 g/mol. The largest absolute Gasteiger partial charge is 0.438 e. The Morgan fingerprint density at radius 3 is 2.59 bits per heavy atom. The first-order valence-corrected chi connectivity index (χ1v) is 14.5. The number of hydrogen-bond donors (Lipinski definition) is 3. The smallest absolute Gasteiger partial charge is 0.418 e. The van der Waals surface area contributed by atoms with Crippen molar-refractivity contribution in [1.82, 2.24) is 20.3 Å². The van der Waals surface area contributed by atoms with Gasteiger partial charge in [0, 0.05) is 25.0 Å². The van der Waals surface area contributed by atoms with E-state index >= 15 is 0 Å². The normalized spacial score (nSPS) is 15.7. The van der Waals surface area contributed by atoms with Crippen molar-refractivity contribution >= 4 is 21.7 Å². The van der Waals surface area contributed by atoms with Crippen molar-refractivity contribution in [1.29, 1.82) is 0 Å². The minimum absolute atomic E-state index is 0.0296. The maximum Gasteiger partial charge on any atom is 0.418 e. The molecule has 1 aliphatic heterocycles. The average molecular weight is 585 g/mol. The summed E-state index contributed by atoms with van der Waals surface area (Å²) in [6, 6.07) is 16.4. The van der Waals surface area contributed by atoms with Crippen LogP contribution in [0.1, 0.15) is 24.0 Å². The Hall–Kier alpha value is -4.23. The van der Waals surface area contributed by atoms with E-state index in [0.717, 1.165) is 38.1 Å². The van der Waals surface area contributed by atoms with E-state index in [1.54, 1.807) is 54.7 Å². The third-order valence-electron chi connectivity index (χ3n) is 6.31. The van der Waals surface area contributed by atoms with Gasteiger partial charge in [-0.2, -0.15) is 13.2 Å². The van der Waals surface area contributed by atoms with Gasteiger partial charge >= 0.3 is 6.18 Å². The van der Waals surface area contributed by atoms with Crippen molar-refractivity contribution in [3.63, 3.8) is 0 Å².